The Labute approximate surface area is 162 Å². The summed E-state index contributed by atoms with van der Waals surface area (Å²) in [6.07, 6.45) is 4.66. The molecule has 2 saturated heterocycles. The Morgan fingerprint density at radius 2 is 1.63 bits per heavy atom. The zero-order chi connectivity index (χ0) is 19.2. The second-order valence-electron chi connectivity index (χ2n) is 8.92. The van der Waals surface area contributed by atoms with E-state index in [-0.39, 0.29) is 23.0 Å². The smallest absolute Gasteiger partial charge is 0.233 e. The molecule has 0 N–H and O–H groups in total. The zero-order valence-electron chi connectivity index (χ0n) is 16.4. The van der Waals surface area contributed by atoms with Gasteiger partial charge >= 0.3 is 0 Å². The number of hydrogen-bond acceptors (Lipinski definition) is 3. The first-order valence-corrected chi connectivity index (χ1v) is 11.8. The van der Waals surface area contributed by atoms with Crippen molar-refractivity contribution >= 4 is 21.6 Å². The van der Waals surface area contributed by atoms with E-state index in [0.717, 1.165) is 24.6 Å². The fraction of sp³-hybridized carbons (Fsp3) is 0.667. The van der Waals surface area contributed by atoms with E-state index < -0.39 is 10.0 Å². The third-order valence-electron chi connectivity index (χ3n) is 6.38. The molecule has 27 heavy (non-hydrogen) atoms. The van der Waals surface area contributed by atoms with Crippen molar-refractivity contribution in [2.75, 3.05) is 30.3 Å². The molecule has 5 nitrogen and oxygen atoms in total. The standard InChI is InChI=1S/C21H30N2O3S/c1-16(2)15-27(25,26)22-12-9-21(10-13-22)11-14-23(20(21)24)19-7-5-18(6-8-19)17-3-4-17/h5-8,16-17H,3-4,9-15H2,1-2H3. The Morgan fingerprint density at radius 1 is 1.04 bits per heavy atom. The average molecular weight is 391 g/mol. The van der Waals surface area contributed by atoms with Crippen LogP contribution in [0.25, 0.3) is 0 Å². The van der Waals surface area contributed by atoms with Crippen LogP contribution in [0, 0.1) is 11.3 Å². The van der Waals surface area contributed by atoms with E-state index in [1.807, 2.05) is 18.7 Å². The number of anilines is 1. The second-order valence-corrected chi connectivity index (χ2v) is 10.9. The van der Waals surface area contributed by atoms with Crippen molar-refractivity contribution in [1.82, 2.24) is 4.31 Å². The van der Waals surface area contributed by atoms with Crippen LogP contribution < -0.4 is 4.90 Å². The van der Waals surface area contributed by atoms with Crippen LogP contribution >= 0.6 is 0 Å². The molecule has 3 fully saturated rings. The van der Waals surface area contributed by atoms with Gasteiger partial charge in [0.1, 0.15) is 0 Å². The lowest BCUT2D eigenvalue weighted by molar-refractivity contribution is -0.127. The number of carbonyl (C=O) groups is 1. The van der Waals surface area contributed by atoms with E-state index in [0.29, 0.717) is 25.9 Å². The van der Waals surface area contributed by atoms with E-state index in [9.17, 15) is 13.2 Å². The van der Waals surface area contributed by atoms with Crippen molar-refractivity contribution in [3.05, 3.63) is 29.8 Å². The Hall–Kier alpha value is -1.40. The predicted octanol–water partition coefficient (Wildman–Crippen LogP) is 3.37. The molecule has 0 aromatic heterocycles. The summed E-state index contributed by atoms with van der Waals surface area (Å²) in [5.41, 5.74) is 1.99. The number of hydrogen-bond donors (Lipinski definition) is 0. The van der Waals surface area contributed by atoms with Gasteiger partial charge in [-0.25, -0.2) is 12.7 Å². The molecule has 6 heteroatoms. The molecule has 0 radical (unpaired) electrons. The fourth-order valence-corrected chi connectivity index (χ4v) is 6.39. The van der Waals surface area contributed by atoms with Gasteiger partial charge in [0.2, 0.25) is 15.9 Å². The molecule has 2 aliphatic heterocycles. The van der Waals surface area contributed by atoms with Gasteiger partial charge in [-0.1, -0.05) is 26.0 Å². The zero-order valence-corrected chi connectivity index (χ0v) is 17.2. The molecule has 1 aromatic rings. The molecule has 0 bridgehead atoms. The number of benzene rings is 1. The van der Waals surface area contributed by atoms with Gasteiger partial charge < -0.3 is 4.90 Å². The van der Waals surface area contributed by atoms with Gasteiger partial charge in [0.15, 0.2) is 0 Å². The first kappa shape index (κ1) is 18.9. The summed E-state index contributed by atoms with van der Waals surface area (Å²) in [5.74, 6) is 1.21. The minimum atomic E-state index is -3.21. The van der Waals surface area contributed by atoms with E-state index in [1.54, 1.807) is 4.31 Å². The monoisotopic (exact) mass is 390 g/mol. The molecule has 148 valence electrons. The van der Waals surface area contributed by atoms with Crippen LogP contribution in [0.15, 0.2) is 24.3 Å². The third-order valence-corrected chi connectivity index (χ3v) is 8.62. The lowest BCUT2D eigenvalue weighted by atomic mass is 9.77. The summed E-state index contributed by atoms with van der Waals surface area (Å²) in [4.78, 5) is 15.1. The average Bonchev–Trinajstić information content (AvgIpc) is 3.42. The lowest BCUT2D eigenvalue weighted by Gasteiger charge is -2.37. The van der Waals surface area contributed by atoms with Crippen LogP contribution in [0.2, 0.25) is 0 Å². The van der Waals surface area contributed by atoms with Crippen LogP contribution in [0.1, 0.15) is 57.4 Å². The highest BCUT2D eigenvalue weighted by Crippen LogP contribution is 2.44. The summed E-state index contributed by atoms with van der Waals surface area (Å²) in [6.45, 7) is 5.52. The largest absolute Gasteiger partial charge is 0.312 e. The Morgan fingerprint density at radius 3 is 2.19 bits per heavy atom. The Balaban J connectivity index is 1.43. The highest BCUT2D eigenvalue weighted by atomic mass is 32.2. The van der Waals surface area contributed by atoms with Crippen molar-refractivity contribution in [2.24, 2.45) is 11.3 Å². The van der Waals surface area contributed by atoms with Crippen molar-refractivity contribution in [3.8, 4) is 0 Å². The first-order valence-electron chi connectivity index (χ1n) is 10.2. The van der Waals surface area contributed by atoms with Crippen LogP contribution in [-0.2, 0) is 14.8 Å². The number of sulfonamides is 1. The SMILES string of the molecule is CC(C)CS(=O)(=O)N1CCC2(CCN(c3ccc(C4CC4)cc3)C2=O)CC1. The van der Waals surface area contributed by atoms with Crippen LogP contribution in [-0.4, -0.2) is 44.0 Å². The van der Waals surface area contributed by atoms with E-state index in [1.165, 1.54) is 18.4 Å². The van der Waals surface area contributed by atoms with E-state index >= 15 is 0 Å². The number of piperidine rings is 1. The number of nitrogens with zero attached hydrogens (tertiary/aromatic N) is 2. The van der Waals surface area contributed by atoms with Gasteiger partial charge in [0.25, 0.3) is 0 Å². The van der Waals surface area contributed by atoms with Crippen molar-refractivity contribution in [1.29, 1.82) is 0 Å². The summed E-state index contributed by atoms with van der Waals surface area (Å²) >= 11 is 0. The first-order chi connectivity index (χ1) is 12.8. The maximum absolute atomic E-state index is 13.2. The quantitative estimate of drug-likeness (QED) is 0.774. The molecule has 0 unspecified atom stereocenters. The van der Waals surface area contributed by atoms with Crippen molar-refractivity contribution in [3.63, 3.8) is 0 Å². The van der Waals surface area contributed by atoms with Gasteiger partial charge in [-0.05, 0) is 61.6 Å². The fourth-order valence-electron chi connectivity index (χ4n) is 4.59. The summed E-state index contributed by atoms with van der Waals surface area (Å²) in [6, 6.07) is 8.47. The van der Waals surface area contributed by atoms with Crippen molar-refractivity contribution in [2.45, 2.75) is 51.9 Å². The number of rotatable bonds is 5. The molecule has 1 spiro atoms. The van der Waals surface area contributed by atoms with E-state index in [2.05, 4.69) is 24.3 Å². The summed E-state index contributed by atoms with van der Waals surface area (Å²) in [7, 11) is -3.21. The molecule has 3 aliphatic rings. The highest BCUT2D eigenvalue weighted by Gasteiger charge is 2.49. The Kier molecular flexibility index (Phi) is 4.83. The van der Waals surface area contributed by atoms with Crippen LogP contribution in [0.4, 0.5) is 5.69 Å². The summed E-state index contributed by atoms with van der Waals surface area (Å²) in [5, 5.41) is 0. The minimum Gasteiger partial charge on any atom is -0.312 e. The van der Waals surface area contributed by atoms with E-state index in [4.69, 9.17) is 0 Å². The van der Waals surface area contributed by atoms with Crippen LogP contribution in [0.3, 0.4) is 0 Å². The predicted molar refractivity (Wildman–Crippen MR) is 107 cm³/mol. The molecule has 2 heterocycles. The molecule has 0 atom stereocenters. The molecular formula is C21H30N2O3S. The summed E-state index contributed by atoms with van der Waals surface area (Å²) < 4.78 is 26.6. The molecule has 1 aliphatic carbocycles. The molecule has 1 saturated carbocycles. The van der Waals surface area contributed by atoms with Crippen LogP contribution in [0.5, 0.6) is 0 Å². The maximum atomic E-state index is 13.2. The van der Waals surface area contributed by atoms with Gasteiger partial charge in [0, 0.05) is 25.3 Å². The topological polar surface area (TPSA) is 57.7 Å². The number of amides is 1. The third kappa shape index (κ3) is 3.66. The van der Waals surface area contributed by atoms with Gasteiger partial charge in [-0.15, -0.1) is 0 Å². The second kappa shape index (κ2) is 6.89. The minimum absolute atomic E-state index is 0.119. The molecule has 1 aromatic carbocycles. The normalized spacial score (nSPS) is 23.5. The Bertz CT molecular complexity index is 804. The molecule has 1 amide bonds. The lowest BCUT2D eigenvalue weighted by Crippen LogP contribution is -2.47. The number of carbonyl (C=O) groups excluding carboxylic acids is 1. The van der Waals surface area contributed by atoms with Crippen molar-refractivity contribution < 1.29 is 13.2 Å². The molecular weight excluding hydrogens is 360 g/mol. The van der Waals surface area contributed by atoms with Gasteiger partial charge in [0.05, 0.1) is 11.2 Å². The molecule has 4 rings (SSSR count). The van der Waals surface area contributed by atoms with Gasteiger partial charge in [-0.2, -0.15) is 0 Å². The van der Waals surface area contributed by atoms with Gasteiger partial charge in [-0.3, -0.25) is 4.79 Å². The maximum Gasteiger partial charge on any atom is 0.233 e. The highest BCUT2D eigenvalue weighted by molar-refractivity contribution is 7.89.